The van der Waals surface area contributed by atoms with E-state index in [1.165, 1.54) is 16.7 Å². The summed E-state index contributed by atoms with van der Waals surface area (Å²) in [6.45, 7) is 5.09. The third-order valence-corrected chi connectivity index (χ3v) is 4.17. The van der Waals surface area contributed by atoms with Crippen LogP contribution < -0.4 is 0 Å². The minimum absolute atomic E-state index is 0.740. The Morgan fingerprint density at radius 2 is 2.05 bits per heavy atom. The summed E-state index contributed by atoms with van der Waals surface area (Å²) in [5.41, 5.74) is 5.37. The van der Waals surface area contributed by atoms with Crippen molar-refractivity contribution in [3.63, 3.8) is 0 Å². The third-order valence-electron chi connectivity index (χ3n) is 3.94. The summed E-state index contributed by atoms with van der Waals surface area (Å²) in [6.07, 6.45) is 1.13. The van der Waals surface area contributed by atoms with E-state index in [0.29, 0.717) is 0 Å². The van der Waals surface area contributed by atoms with E-state index < -0.39 is 0 Å². The molecular formula is C19H18ClN. The Hall–Kier alpha value is -1.75. The van der Waals surface area contributed by atoms with Crippen LogP contribution in [0.25, 0.3) is 0 Å². The van der Waals surface area contributed by atoms with Crippen LogP contribution in [0.5, 0.6) is 0 Å². The van der Waals surface area contributed by atoms with Crippen LogP contribution in [0, 0.1) is 18.8 Å². The van der Waals surface area contributed by atoms with Crippen LogP contribution in [0.2, 0.25) is 5.02 Å². The number of benzene rings is 2. The third kappa shape index (κ3) is 3.47. The SMILES string of the molecule is Cc1cccc2c1CCN(CC#Cc1cccc(Cl)c1)C2. The summed E-state index contributed by atoms with van der Waals surface area (Å²) in [6, 6.07) is 14.3. The van der Waals surface area contributed by atoms with Gasteiger partial charge in [-0.15, -0.1) is 0 Å². The Kier molecular flexibility index (Phi) is 4.29. The van der Waals surface area contributed by atoms with Gasteiger partial charge < -0.3 is 0 Å². The first-order valence-corrected chi connectivity index (χ1v) is 7.64. The van der Waals surface area contributed by atoms with Gasteiger partial charge in [-0.3, -0.25) is 4.90 Å². The van der Waals surface area contributed by atoms with Gasteiger partial charge in [0.1, 0.15) is 0 Å². The number of hydrogen-bond donors (Lipinski definition) is 0. The molecule has 0 amide bonds. The molecule has 0 atom stereocenters. The fourth-order valence-electron chi connectivity index (χ4n) is 2.81. The highest BCUT2D eigenvalue weighted by Gasteiger charge is 2.16. The van der Waals surface area contributed by atoms with Gasteiger partial charge in [0.2, 0.25) is 0 Å². The van der Waals surface area contributed by atoms with E-state index in [-0.39, 0.29) is 0 Å². The minimum Gasteiger partial charge on any atom is -0.288 e. The lowest BCUT2D eigenvalue weighted by molar-refractivity contribution is 0.286. The fourth-order valence-corrected chi connectivity index (χ4v) is 3.00. The van der Waals surface area contributed by atoms with Crippen molar-refractivity contribution in [2.45, 2.75) is 19.9 Å². The lowest BCUT2D eigenvalue weighted by Crippen LogP contribution is -2.31. The molecule has 2 aromatic carbocycles. The van der Waals surface area contributed by atoms with Gasteiger partial charge in [0.25, 0.3) is 0 Å². The van der Waals surface area contributed by atoms with E-state index in [4.69, 9.17) is 11.6 Å². The number of hydrogen-bond acceptors (Lipinski definition) is 1. The second kappa shape index (κ2) is 6.35. The van der Waals surface area contributed by atoms with E-state index in [0.717, 1.165) is 36.6 Å². The molecule has 0 spiro atoms. The maximum absolute atomic E-state index is 5.97. The zero-order chi connectivity index (χ0) is 14.7. The molecule has 0 aromatic heterocycles. The van der Waals surface area contributed by atoms with Gasteiger partial charge in [0, 0.05) is 23.7 Å². The number of aryl methyl sites for hydroxylation is 1. The molecule has 0 saturated heterocycles. The van der Waals surface area contributed by atoms with Crippen molar-refractivity contribution in [2.24, 2.45) is 0 Å². The molecule has 0 N–H and O–H groups in total. The Balaban J connectivity index is 1.66. The lowest BCUT2D eigenvalue weighted by atomic mass is 9.95. The molecule has 1 aliphatic rings. The molecule has 0 fully saturated rings. The first-order chi connectivity index (χ1) is 10.2. The molecule has 0 bridgehead atoms. The van der Waals surface area contributed by atoms with E-state index >= 15 is 0 Å². The van der Waals surface area contributed by atoms with Crippen LogP contribution in [0.15, 0.2) is 42.5 Å². The summed E-state index contributed by atoms with van der Waals surface area (Å²) < 4.78 is 0. The Labute approximate surface area is 131 Å². The highest BCUT2D eigenvalue weighted by Crippen LogP contribution is 2.21. The molecule has 1 heterocycles. The van der Waals surface area contributed by atoms with Crippen LogP contribution in [0.4, 0.5) is 0 Å². The zero-order valence-corrected chi connectivity index (χ0v) is 13.0. The van der Waals surface area contributed by atoms with Gasteiger partial charge >= 0.3 is 0 Å². The quantitative estimate of drug-likeness (QED) is 0.717. The molecule has 2 heteroatoms. The smallest absolute Gasteiger partial charge is 0.0608 e. The average molecular weight is 296 g/mol. The fraction of sp³-hybridized carbons (Fsp3) is 0.263. The largest absolute Gasteiger partial charge is 0.288 e. The van der Waals surface area contributed by atoms with Crippen molar-refractivity contribution < 1.29 is 0 Å². The van der Waals surface area contributed by atoms with Gasteiger partial charge in [-0.05, 0) is 48.2 Å². The number of nitrogens with zero attached hydrogens (tertiary/aromatic N) is 1. The molecular weight excluding hydrogens is 278 g/mol. The van der Waals surface area contributed by atoms with Crippen LogP contribution in [-0.4, -0.2) is 18.0 Å². The van der Waals surface area contributed by atoms with E-state index in [2.05, 4.69) is 41.9 Å². The van der Waals surface area contributed by atoms with Crippen molar-refractivity contribution in [2.75, 3.05) is 13.1 Å². The summed E-state index contributed by atoms with van der Waals surface area (Å²) in [7, 11) is 0. The van der Waals surface area contributed by atoms with Crippen LogP contribution >= 0.6 is 11.6 Å². The predicted molar refractivity (Wildman–Crippen MR) is 88.5 cm³/mol. The molecule has 0 radical (unpaired) electrons. The first-order valence-electron chi connectivity index (χ1n) is 7.26. The van der Waals surface area contributed by atoms with Crippen molar-refractivity contribution in [3.8, 4) is 11.8 Å². The normalized spacial score (nSPS) is 14.2. The number of halogens is 1. The van der Waals surface area contributed by atoms with Crippen molar-refractivity contribution >= 4 is 11.6 Å². The van der Waals surface area contributed by atoms with Crippen LogP contribution in [0.3, 0.4) is 0 Å². The predicted octanol–water partition coefficient (Wildman–Crippen LogP) is 4.06. The summed E-state index contributed by atoms with van der Waals surface area (Å²) in [4.78, 5) is 2.40. The number of fused-ring (bicyclic) bond motifs is 1. The lowest BCUT2D eigenvalue weighted by Gasteiger charge is -2.28. The topological polar surface area (TPSA) is 3.24 Å². The Morgan fingerprint density at radius 1 is 1.19 bits per heavy atom. The van der Waals surface area contributed by atoms with Gasteiger partial charge in [-0.1, -0.05) is 47.7 Å². The highest BCUT2D eigenvalue weighted by molar-refractivity contribution is 6.30. The second-order valence-electron chi connectivity index (χ2n) is 5.49. The summed E-state index contributed by atoms with van der Waals surface area (Å²) in [5, 5.41) is 0.740. The molecule has 3 rings (SSSR count). The summed E-state index contributed by atoms with van der Waals surface area (Å²) >= 11 is 5.97. The van der Waals surface area contributed by atoms with Crippen molar-refractivity contribution in [1.29, 1.82) is 0 Å². The summed E-state index contributed by atoms with van der Waals surface area (Å²) in [5.74, 6) is 6.45. The zero-order valence-electron chi connectivity index (χ0n) is 12.2. The molecule has 0 saturated carbocycles. The van der Waals surface area contributed by atoms with Gasteiger partial charge in [0.05, 0.1) is 6.54 Å². The molecule has 106 valence electrons. The van der Waals surface area contributed by atoms with E-state index in [9.17, 15) is 0 Å². The average Bonchev–Trinajstić information content (AvgIpc) is 2.47. The molecule has 0 aliphatic carbocycles. The minimum atomic E-state index is 0.740. The van der Waals surface area contributed by atoms with Gasteiger partial charge in [0.15, 0.2) is 0 Å². The van der Waals surface area contributed by atoms with E-state index in [1.54, 1.807) is 0 Å². The second-order valence-corrected chi connectivity index (χ2v) is 5.92. The number of rotatable bonds is 1. The molecule has 2 aromatic rings. The first kappa shape index (κ1) is 14.2. The van der Waals surface area contributed by atoms with Gasteiger partial charge in [-0.25, -0.2) is 0 Å². The standard InChI is InChI=1S/C19H18ClN/c1-15-5-2-8-17-14-21(12-10-19(15)17)11-4-7-16-6-3-9-18(20)13-16/h2-3,5-6,8-9,13H,10-12,14H2,1H3. The maximum atomic E-state index is 5.97. The van der Waals surface area contributed by atoms with Crippen molar-refractivity contribution in [1.82, 2.24) is 4.90 Å². The van der Waals surface area contributed by atoms with Crippen LogP contribution in [0.1, 0.15) is 22.3 Å². The molecule has 1 aliphatic heterocycles. The Morgan fingerprint density at radius 3 is 2.90 bits per heavy atom. The van der Waals surface area contributed by atoms with Crippen LogP contribution in [-0.2, 0) is 13.0 Å². The monoisotopic (exact) mass is 295 g/mol. The maximum Gasteiger partial charge on any atom is 0.0608 e. The highest BCUT2D eigenvalue weighted by atomic mass is 35.5. The van der Waals surface area contributed by atoms with E-state index in [1.807, 2.05) is 24.3 Å². The Bertz CT molecular complexity index is 709. The van der Waals surface area contributed by atoms with Gasteiger partial charge in [-0.2, -0.15) is 0 Å². The molecule has 0 unspecified atom stereocenters. The molecule has 1 nitrogen and oxygen atoms in total. The molecule has 21 heavy (non-hydrogen) atoms. The van der Waals surface area contributed by atoms with Crippen molar-refractivity contribution in [3.05, 3.63) is 69.7 Å².